The summed E-state index contributed by atoms with van der Waals surface area (Å²) in [5, 5.41) is 23.3. The lowest BCUT2D eigenvalue weighted by molar-refractivity contribution is -0.141. The molecule has 51 heavy (non-hydrogen) atoms. The van der Waals surface area contributed by atoms with Crippen LogP contribution in [0.5, 0.6) is 0 Å². The Hall–Kier alpha value is -5.59. The Balaban J connectivity index is 1.44. The van der Waals surface area contributed by atoms with Gasteiger partial charge < -0.3 is 52.5 Å². The van der Waals surface area contributed by atoms with E-state index in [0.717, 1.165) is 0 Å². The van der Waals surface area contributed by atoms with Gasteiger partial charge in [-0.2, -0.15) is 0 Å². The maximum atomic E-state index is 12.9. The van der Waals surface area contributed by atoms with Gasteiger partial charge in [-0.05, 0) is 38.2 Å². The molecule has 0 spiro atoms. The average molecular weight is 716 g/mol. The zero-order valence-corrected chi connectivity index (χ0v) is 28.3. The predicted molar refractivity (Wildman–Crippen MR) is 178 cm³/mol. The fraction of sp³-hybridized carbons (Fsp3) is 0.531. The van der Waals surface area contributed by atoms with Gasteiger partial charge in [0.15, 0.2) is 0 Å². The molecule has 0 saturated carbocycles. The quantitative estimate of drug-likeness (QED) is 0.0764. The first-order valence-electron chi connectivity index (χ1n) is 16.5. The summed E-state index contributed by atoms with van der Waals surface area (Å²) in [5.41, 5.74) is 6.11. The molecule has 8 amide bonds. The minimum Gasteiger partial charge on any atom is -0.480 e. The Kier molecular flexibility index (Phi) is 15.3. The zero-order chi connectivity index (χ0) is 37.5. The van der Waals surface area contributed by atoms with E-state index in [2.05, 4.69) is 31.9 Å². The van der Waals surface area contributed by atoms with Crippen LogP contribution in [0.15, 0.2) is 30.3 Å². The first-order chi connectivity index (χ1) is 24.3. The van der Waals surface area contributed by atoms with Crippen LogP contribution in [-0.2, 0) is 49.6 Å². The monoisotopic (exact) mass is 715 g/mol. The first-order valence-corrected chi connectivity index (χ1v) is 16.5. The largest absolute Gasteiger partial charge is 0.480 e. The fourth-order valence-electron chi connectivity index (χ4n) is 5.65. The molecule has 0 aromatic heterocycles. The minimum absolute atomic E-state index is 0.0445. The smallest absolute Gasteiger partial charge is 0.325 e. The molecule has 3 rings (SSSR count). The van der Waals surface area contributed by atoms with Crippen LogP contribution in [-0.4, -0.2) is 138 Å². The van der Waals surface area contributed by atoms with Crippen molar-refractivity contribution in [3.8, 4) is 0 Å². The molecule has 0 aliphatic carbocycles. The molecule has 0 radical (unpaired) electrons. The van der Waals surface area contributed by atoms with Crippen molar-refractivity contribution in [3.63, 3.8) is 0 Å². The molecule has 2 aliphatic heterocycles. The highest BCUT2D eigenvalue weighted by Gasteiger charge is 2.36. The molecule has 1 aromatic rings. The van der Waals surface area contributed by atoms with Crippen molar-refractivity contribution < 1.29 is 48.3 Å². The van der Waals surface area contributed by atoms with Crippen molar-refractivity contribution in [2.75, 3.05) is 45.8 Å². The molecule has 2 heterocycles. The standard InChI is InChI=1S/C32H45N9O10/c1-19(32(50)51)38-25(43)17-35-29(47)21(13-20-7-3-2-4-8-20)39-26(44)16-34-24(42)15-36-30(48)23-10-6-12-41(23)28(46)18-37-31(49)22-9-5-11-40(22)27(45)14-33/h2-4,7-8,19,21-23H,5-6,9-18,33H2,1H3,(H,34,42)(H,35,47)(H,36,48)(H,37,49)(H,38,43)(H,39,44)(H,50,51)/t19-,21-,22-,23-/m0/s1. The van der Waals surface area contributed by atoms with Gasteiger partial charge in [0.2, 0.25) is 47.3 Å². The number of amides is 8. The van der Waals surface area contributed by atoms with Crippen molar-refractivity contribution >= 4 is 53.2 Å². The van der Waals surface area contributed by atoms with E-state index in [-0.39, 0.29) is 32.0 Å². The highest BCUT2D eigenvalue weighted by atomic mass is 16.4. The number of nitrogens with one attached hydrogen (secondary N) is 6. The molecular formula is C32H45N9O10. The number of benzene rings is 1. The molecule has 19 heteroatoms. The summed E-state index contributed by atoms with van der Waals surface area (Å²) in [7, 11) is 0. The first kappa shape index (κ1) is 39.8. The number of carbonyl (C=O) groups excluding carboxylic acids is 8. The highest BCUT2D eigenvalue weighted by molar-refractivity contribution is 5.95. The van der Waals surface area contributed by atoms with E-state index in [1.54, 1.807) is 30.3 Å². The summed E-state index contributed by atoms with van der Waals surface area (Å²) in [5.74, 6) is -6.11. The Bertz CT molecular complexity index is 1470. The topological polar surface area (TPSA) is 279 Å². The van der Waals surface area contributed by atoms with E-state index in [9.17, 15) is 43.2 Å². The van der Waals surface area contributed by atoms with Gasteiger partial charge in [0.25, 0.3) is 0 Å². The van der Waals surface area contributed by atoms with Crippen LogP contribution in [0, 0.1) is 0 Å². The number of nitrogens with zero attached hydrogens (tertiary/aromatic N) is 2. The molecule has 2 saturated heterocycles. The SMILES string of the molecule is C[C@H](NC(=O)CNC(=O)[C@H](Cc1ccccc1)NC(=O)CNC(=O)CNC(=O)[C@@H]1CCCN1C(=O)CNC(=O)[C@@H]1CCCN1C(=O)CN)C(=O)O. The number of nitrogens with two attached hydrogens (primary N) is 1. The lowest BCUT2D eigenvalue weighted by atomic mass is 10.1. The van der Waals surface area contributed by atoms with Crippen LogP contribution in [0.4, 0.5) is 0 Å². The Morgan fingerprint density at radius 2 is 1.25 bits per heavy atom. The van der Waals surface area contributed by atoms with E-state index in [1.807, 2.05) is 0 Å². The Labute approximate surface area is 293 Å². The molecule has 9 N–H and O–H groups in total. The number of rotatable bonds is 17. The van der Waals surface area contributed by atoms with Crippen LogP contribution < -0.4 is 37.6 Å². The zero-order valence-electron chi connectivity index (χ0n) is 28.3. The van der Waals surface area contributed by atoms with Gasteiger partial charge in [0, 0.05) is 19.5 Å². The molecule has 2 aliphatic rings. The average Bonchev–Trinajstić information content (AvgIpc) is 3.82. The molecule has 19 nitrogen and oxygen atoms in total. The second-order valence-electron chi connectivity index (χ2n) is 12.1. The van der Waals surface area contributed by atoms with Gasteiger partial charge in [-0.3, -0.25) is 43.2 Å². The maximum Gasteiger partial charge on any atom is 0.325 e. The lowest BCUT2D eigenvalue weighted by Gasteiger charge is -2.26. The van der Waals surface area contributed by atoms with Crippen LogP contribution in [0.2, 0.25) is 0 Å². The lowest BCUT2D eigenvalue weighted by Crippen LogP contribution is -2.53. The molecule has 4 atom stereocenters. The number of carbonyl (C=O) groups is 9. The van der Waals surface area contributed by atoms with Gasteiger partial charge in [-0.15, -0.1) is 0 Å². The number of hydrogen-bond donors (Lipinski definition) is 8. The number of hydrogen-bond acceptors (Lipinski definition) is 10. The van der Waals surface area contributed by atoms with Crippen molar-refractivity contribution in [1.82, 2.24) is 41.7 Å². The van der Waals surface area contributed by atoms with Crippen LogP contribution >= 0.6 is 0 Å². The van der Waals surface area contributed by atoms with E-state index in [4.69, 9.17) is 10.8 Å². The summed E-state index contributed by atoms with van der Waals surface area (Å²) >= 11 is 0. The second kappa shape index (κ2) is 19.6. The van der Waals surface area contributed by atoms with E-state index in [0.29, 0.717) is 37.8 Å². The summed E-state index contributed by atoms with van der Waals surface area (Å²) in [4.78, 5) is 114. The fourth-order valence-corrected chi connectivity index (χ4v) is 5.65. The van der Waals surface area contributed by atoms with Crippen LogP contribution in [0.25, 0.3) is 0 Å². The highest BCUT2D eigenvalue weighted by Crippen LogP contribution is 2.19. The van der Waals surface area contributed by atoms with Gasteiger partial charge in [0.1, 0.15) is 24.2 Å². The Morgan fingerprint density at radius 3 is 1.84 bits per heavy atom. The molecule has 2 fully saturated rings. The van der Waals surface area contributed by atoms with Crippen molar-refractivity contribution in [1.29, 1.82) is 0 Å². The van der Waals surface area contributed by atoms with Gasteiger partial charge in [-0.25, -0.2) is 0 Å². The summed E-state index contributed by atoms with van der Waals surface area (Å²) in [6, 6.07) is 4.77. The molecule has 1 aromatic carbocycles. The number of likely N-dealkylation sites (tertiary alicyclic amines) is 2. The maximum absolute atomic E-state index is 12.9. The summed E-state index contributed by atoms with van der Waals surface area (Å²) in [6.45, 7) is -0.268. The molecule has 0 unspecified atom stereocenters. The third-order valence-electron chi connectivity index (χ3n) is 8.31. The second-order valence-corrected chi connectivity index (χ2v) is 12.1. The van der Waals surface area contributed by atoms with E-state index >= 15 is 0 Å². The summed E-state index contributed by atoms with van der Waals surface area (Å²) in [6.07, 6.45) is 1.99. The third-order valence-corrected chi connectivity index (χ3v) is 8.31. The van der Waals surface area contributed by atoms with Crippen LogP contribution in [0.1, 0.15) is 38.2 Å². The summed E-state index contributed by atoms with van der Waals surface area (Å²) < 4.78 is 0. The molecule has 278 valence electrons. The molecular weight excluding hydrogens is 670 g/mol. The van der Waals surface area contributed by atoms with Gasteiger partial charge >= 0.3 is 5.97 Å². The predicted octanol–water partition coefficient (Wildman–Crippen LogP) is -4.29. The van der Waals surface area contributed by atoms with Crippen LogP contribution in [0.3, 0.4) is 0 Å². The molecule has 0 bridgehead atoms. The Morgan fingerprint density at radius 1 is 0.725 bits per heavy atom. The van der Waals surface area contributed by atoms with E-state index < -0.39 is 91.1 Å². The normalized spacial score (nSPS) is 17.8. The van der Waals surface area contributed by atoms with Crippen molar-refractivity contribution in [2.24, 2.45) is 5.73 Å². The minimum atomic E-state index is -1.25. The van der Waals surface area contributed by atoms with E-state index in [1.165, 1.54) is 16.7 Å². The number of carboxylic acids is 1. The number of carboxylic acid groups (broad SMARTS) is 1. The number of aliphatic carboxylic acids is 1. The third kappa shape index (κ3) is 12.4. The van der Waals surface area contributed by atoms with Crippen molar-refractivity contribution in [3.05, 3.63) is 35.9 Å². The van der Waals surface area contributed by atoms with Gasteiger partial charge in [0.05, 0.1) is 32.7 Å². The van der Waals surface area contributed by atoms with Crippen molar-refractivity contribution in [2.45, 2.75) is 63.2 Å². The van der Waals surface area contributed by atoms with Gasteiger partial charge in [-0.1, -0.05) is 30.3 Å².